The SMILES string of the molecule is COC(=O)c1nc(-c2sccc2NC(=O)CCC(=O)O)[nH]c(=O)c1O. The summed E-state index contributed by atoms with van der Waals surface area (Å²) in [6.07, 6.45) is -0.552. The summed E-state index contributed by atoms with van der Waals surface area (Å²) in [5.74, 6) is -3.55. The Bertz CT molecular complexity index is 887. The van der Waals surface area contributed by atoms with Crippen LogP contribution in [0.1, 0.15) is 23.3 Å². The molecule has 0 aliphatic rings. The van der Waals surface area contributed by atoms with Crippen molar-refractivity contribution in [2.45, 2.75) is 12.8 Å². The molecule has 1 amide bonds. The van der Waals surface area contributed by atoms with Crippen molar-refractivity contribution in [2.75, 3.05) is 12.4 Å². The van der Waals surface area contributed by atoms with Crippen LogP contribution in [-0.2, 0) is 14.3 Å². The lowest BCUT2D eigenvalue weighted by atomic mass is 10.2. The van der Waals surface area contributed by atoms with Gasteiger partial charge in [-0.2, -0.15) is 0 Å². The van der Waals surface area contributed by atoms with E-state index in [-0.39, 0.29) is 24.4 Å². The molecule has 0 bridgehead atoms. The van der Waals surface area contributed by atoms with E-state index in [0.29, 0.717) is 4.88 Å². The van der Waals surface area contributed by atoms with Crippen LogP contribution in [0.4, 0.5) is 5.69 Å². The maximum atomic E-state index is 11.8. The first-order valence-corrected chi connectivity index (χ1v) is 7.72. The Labute approximate surface area is 144 Å². The number of rotatable bonds is 6. The largest absolute Gasteiger partial charge is 0.501 e. The Morgan fingerprint density at radius 2 is 2.08 bits per heavy atom. The van der Waals surface area contributed by atoms with Crippen LogP contribution in [-0.4, -0.2) is 45.1 Å². The lowest BCUT2D eigenvalue weighted by molar-refractivity contribution is -0.138. The molecule has 11 heteroatoms. The molecule has 2 aromatic heterocycles. The molecule has 2 aromatic rings. The van der Waals surface area contributed by atoms with Gasteiger partial charge in [-0.15, -0.1) is 11.3 Å². The number of aromatic hydroxyl groups is 1. The minimum atomic E-state index is -1.10. The summed E-state index contributed by atoms with van der Waals surface area (Å²) in [7, 11) is 1.07. The zero-order valence-electron chi connectivity index (χ0n) is 12.9. The summed E-state index contributed by atoms with van der Waals surface area (Å²) in [6, 6.07) is 1.53. The van der Waals surface area contributed by atoms with Crippen LogP contribution in [0.2, 0.25) is 0 Å². The van der Waals surface area contributed by atoms with Crippen molar-refractivity contribution >= 4 is 34.9 Å². The van der Waals surface area contributed by atoms with Gasteiger partial charge in [0.1, 0.15) is 0 Å². The number of anilines is 1. The summed E-state index contributed by atoms with van der Waals surface area (Å²) in [5, 5.41) is 22.3. The molecule has 0 fully saturated rings. The molecule has 0 aromatic carbocycles. The Hall–Kier alpha value is -3.21. The van der Waals surface area contributed by atoms with Gasteiger partial charge in [0, 0.05) is 6.42 Å². The van der Waals surface area contributed by atoms with Crippen LogP contribution in [0.5, 0.6) is 5.75 Å². The minimum Gasteiger partial charge on any atom is -0.501 e. The third kappa shape index (κ3) is 4.20. The average Bonchev–Trinajstić information content (AvgIpc) is 3.02. The lowest BCUT2D eigenvalue weighted by Gasteiger charge is -2.07. The number of methoxy groups -OCH3 is 1. The van der Waals surface area contributed by atoms with Gasteiger partial charge in [-0.05, 0) is 11.4 Å². The Kier molecular flexibility index (Phi) is 5.49. The maximum absolute atomic E-state index is 11.8. The van der Waals surface area contributed by atoms with E-state index in [1.807, 2.05) is 0 Å². The minimum absolute atomic E-state index is 0.0493. The Morgan fingerprint density at radius 1 is 1.36 bits per heavy atom. The number of amides is 1. The number of carboxylic acids is 1. The number of aromatic amines is 1. The number of H-pyrrole nitrogens is 1. The van der Waals surface area contributed by atoms with Gasteiger partial charge in [-0.25, -0.2) is 9.78 Å². The number of hydrogen-bond donors (Lipinski definition) is 4. The quantitative estimate of drug-likeness (QED) is 0.545. The average molecular weight is 367 g/mol. The van der Waals surface area contributed by atoms with Gasteiger partial charge in [0.25, 0.3) is 5.56 Å². The van der Waals surface area contributed by atoms with Gasteiger partial charge in [0.2, 0.25) is 11.7 Å². The van der Waals surface area contributed by atoms with Crippen LogP contribution in [0.3, 0.4) is 0 Å². The van der Waals surface area contributed by atoms with E-state index in [0.717, 1.165) is 18.4 Å². The van der Waals surface area contributed by atoms with E-state index in [1.54, 1.807) is 5.38 Å². The van der Waals surface area contributed by atoms with Gasteiger partial charge in [0.15, 0.2) is 11.5 Å². The molecule has 0 radical (unpaired) electrons. The van der Waals surface area contributed by atoms with Crippen molar-refractivity contribution < 1.29 is 29.3 Å². The molecular formula is C14H13N3O7S. The number of ether oxygens (including phenoxy) is 1. The van der Waals surface area contributed by atoms with Crippen molar-refractivity contribution in [2.24, 2.45) is 0 Å². The van der Waals surface area contributed by atoms with Gasteiger partial charge >= 0.3 is 11.9 Å². The number of carboxylic acid groups (broad SMARTS) is 1. The third-order valence-corrected chi connectivity index (χ3v) is 3.92. The highest BCUT2D eigenvalue weighted by Crippen LogP contribution is 2.31. The van der Waals surface area contributed by atoms with Gasteiger partial charge in [-0.1, -0.05) is 0 Å². The molecule has 0 saturated heterocycles. The van der Waals surface area contributed by atoms with Crippen LogP contribution in [0, 0.1) is 0 Å². The van der Waals surface area contributed by atoms with Crippen molar-refractivity contribution in [1.82, 2.24) is 9.97 Å². The molecule has 0 aliphatic heterocycles. The first-order valence-electron chi connectivity index (χ1n) is 6.84. The van der Waals surface area contributed by atoms with E-state index in [9.17, 15) is 24.3 Å². The summed E-state index contributed by atoms with van der Waals surface area (Å²) >= 11 is 1.11. The molecular weight excluding hydrogens is 354 g/mol. The van der Waals surface area contributed by atoms with Crippen LogP contribution < -0.4 is 10.9 Å². The molecule has 2 rings (SSSR count). The van der Waals surface area contributed by atoms with Gasteiger partial charge in [0.05, 0.1) is 24.1 Å². The lowest BCUT2D eigenvalue weighted by Crippen LogP contribution is -2.17. The van der Waals surface area contributed by atoms with E-state index >= 15 is 0 Å². The topological polar surface area (TPSA) is 159 Å². The molecule has 0 spiro atoms. The summed E-state index contributed by atoms with van der Waals surface area (Å²) in [5.41, 5.74) is -1.22. The second-order valence-electron chi connectivity index (χ2n) is 4.71. The first kappa shape index (κ1) is 18.1. The fourth-order valence-corrected chi connectivity index (χ4v) is 2.63. The third-order valence-electron chi connectivity index (χ3n) is 2.99. The van der Waals surface area contributed by atoms with E-state index in [1.165, 1.54) is 6.07 Å². The summed E-state index contributed by atoms with van der Waals surface area (Å²) < 4.78 is 4.46. The van der Waals surface area contributed by atoms with Crippen LogP contribution in [0.25, 0.3) is 10.7 Å². The van der Waals surface area contributed by atoms with Crippen LogP contribution in [0.15, 0.2) is 16.2 Å². The number of carbonyl (C=O) groups is 3. The highest BCUT2D eigenvalue weighted by atomic mass is 32.1. The van der Waals surface area contributed by atoms with E-state index in [2.05, 4.69) is 20.0 Å². The molecule has 4 N–H and O–H groups in total. The predicted molar refractivity (Wildman–Crippen MR) is 86.7 cm³/mol. The number of nitrogens with zero attached hydrogens (tertiary/aromatic N) is 1. The predicted octanol–water partition coefficient (Wildman–Crippen LogP) is 0.794. The number of hydrogen-bond acceptors (Lipinski definition) is 8. The molecule has 132 valence electrons. The fraction of sp³-hybridized carbons (Fsp3) is 0.214. The van der Waals surface area contributed by atoms with Crippen molar-refractivity contribution in [3.8, 4) is 16.5 Å². The zero-order valence-corrected chi connectivity index (χ0v) is 13.7. The number of thiophene rings is 1. The molecule has 0 aliphatic carbocycles. The second kappa shape index (κ2) is 7.57. The molecule has 0 saturated carbocycles. The highest BCUT2D eigenvalue weighted by Gasteiger charge is 2.21. The van der Waals surface area contributed by atoms with Crippen molar-refractivity contribution in [1.29, 1.82) is 0 Å². The highest BCUT2D eigenvalue weighted by molar-refractivity contribution is 7.14. The standard InChI is InChI=1S/C14H13N3O7S/c1-24-14(23)9-10(21)13(22)17-12(16-9)11-6(4-5-25-11)15-7(18)2-3-8(19)20/h4-5,21H,2-3H2,1H3,(H,15,18)(H,19,20)(H,16,17,22). The van der Waals surface area contributed by atoms with E-state index < -0.39 is 34.8 Å². The number of nitrogens with one attached hydrogen (secondary N) is 2. The van der Waals surface area contributed by atoms with Crippen LogP contribution >= 0.6 is 11.3 Å². The molecule has 10 nitrogen and oxygen atoms in total. The fourth-order valence-electron chi connectivity index (χ4n) is 1.84. The summed E-state index contributed by atoms with van der Waals surface area (Å²) in [6.45, 7) is 0. The second-order valence-corrected chi connectivity index (χ2v) is 5.62. The number of carbonyl (C=O) groups excluding carboxylic acids is 2. The van der Waals surface area contributed by atoms with Crippen molar-refractivity contribution in [3.05, 3.63) is 27.5 Å². The first-order chi connectivity index (χ1) is 11.8. The molecule has 0 unspecified atom stereocenters. The smallest absolute Gasteiger partial charge is 0.360 e. The number of aromatic nitrogens is 2. The van der Waals surface area contributed by atoms with Crippen molar-refractivity contribution in [3.63, 3.8) is 0 Å². The van der Waals surface area contributed by atoms with E-state index in [4.69, 9.17) is 5.11 Å². The molecule has 2 heterocycles. The van der Waals surface area contributed by atoms with Gasteiger partial charge in [-0.3, -0.25) is 14.4 Å². The number of aliphatic carboxylic acids is 1. The van der Waals surface area contributed by atoms with Gasteiger partial charge < -0.3 is 25.3 Å². The Balaban J connectivity index is 2.35. The monoisotopic (exact) mass is 367 g/mol. The normalized spacial score (nSPS) is 10.3. The number of esters is 1. The molecule has 0 atom stereocenters. The summed E-state index contributed by atoms with van der Waals surface area (Å²) in [4.78, 5) is 52.1. The Morgan fingerprint density at radius 3 is 2.72 bits per heavy atom. The maximum Gasteiger partial charge on any atom is 0.360 e. The zero-order chi connectivity index (χ0) is 18.6. The molecule has 25 heavy (non-hydrogen) atoms.